The van der Waals surface area contributed by atoms with Gasteiger partial charge in [0.15, 0.2) is 0 Å². The first kappa shape index (κ1) is 9.68. The molecule has 2 rings (SSSR count). The van der Waals surface area contributed by atoms with Crippen molar-refractivity contribution in [3.63, 3.8) is 0 Å². The topological polar surface area (TPSA) is 41.1 Å². The quantitative estimate of drug-likeness (QED) is 0.809. The number of nitrogens with one attached hydrogen (secondary N) is 2. The Morgan fingerprint density at radius 3 is 2.50 bits per heavy atom. The Morgan fingerprint density at radius 1 is 1.29 bits per heavy atom. The molecule has 0 atom stereocenters. The Labute approximate surface area is 91.0 Å². The van der Waals surface area contributed by atoms with E-state index in [1.54, 1.807) is 12.1 Å². The van der Waals surface area contributed by atoms with Crippen LogP contribution in [0.4, 0.5) is 0 Å². The van der Waals surface area contributed by atoms with Crippen LogP contribution >= 0.6 is 15.9 Å². The summed E-state index contributed by atoms with van der Waals surface area (Å²) in [4.78, 5) is 11.5. The van der Waals surface area contributed by atoms with Crippen LogP contribution < -0.4 is 10.9 Å². The second kappa shape index (κ2) is 4.11. The van der Waals surface area contributed by atoms with Gasteiger partial charge in [-0.2, -0.15) is 0 Å². The van der Waals surface area contributed by atoms with Crippen molar-refractivity contribution in [3.05, 3.63) is 34.3 Å². The maximum absolute atomic E-state index is 11.5. The van der Waals surface area contributed by atoms with Gasteiger partial charge in [-0.3, -0.25) is 10.2 Å². The first-order valence-electron chi connectivity index (χ1n) is 4.57. The van der Waals surface area contributed by atoms with E-state index in [2.05, 4.69) is 26.8 Å². The highest BCUT2D eigenvalue weighted by atomic mass is 79.9. The third-order valence-corrected chi connectivity index (χ3v) is 2.60. The average Bonchev–Trinajstić information content (AvgIpc) is 2.99. The average molecular weight is 255 g/mol. The molecule has 0 saturated heterocycles. The molecule has 14 heavy (non-hydrogen) atoms. The molecule has 1 amide bonds. The highest BCUT2D eigenvalue weighted by molar-refractivity contribution is 9.10. The van der Waals surface area contributed by atoms with Crippen molar-refractivity contribution in [2.24, 2.45) is 0 Å². The van der Waals surface area contributed by atoms with E-state index in [1.165, 1.54) is 0 Å². The predicted molar refractivity (Wildman–Crippen MR) is 57.8 cm³/mol. The number of benzene rings is 1. The maximum atomic E-state index is 11.5. The van der Waals surface area contributed by atoms with Crippen molar-refractivity contribution in [2.75, 3.05) is 0 Å². The smallest absolute Gasteiger partial charge is 0.265 e. The van der Waals surface area contributed by atoms with Crippen molar-refractivity contribution in [1.29, 1.82) is 0 Å². The van der Waals surface area contributed by atoms with Crippen LogP contribution in [0.1, 0.15) is 23.2 Å². The van der Waals surface area contributed by atoms with Gasteiger partial charge in [0.05, 0.1) is 0 Å². The van der Waals surface area contributed by atoms with Gasteiger partial charge in [0.25, 0.3) is 5.91 Å². The summed E-state index contributed by atoms with van der Waals surface area (Å²) in [5.41, 5.74) is 6.30. The van der Waals surface area contributed by atoms with Gasteiger partial charge in [-0.05, 0) is 37.1 Å². The van der Waals surface area contributed by atoms with Gasteiger partial charge in [-0.25, -0.2) is 5.43 Å². The fourth-order valence-corrected chi connectivity index (χ4v) is 1.33. The number of hydrogen-bond acceptors (Lipinski definition) is 2. The third-order valence-electron chi connectivity index (χ3n) is 2.07. The maximum Gasteiger partial charge on any atom is 0.265 e. The van der Waals surface area contributed by atoms with Gasteiger partial charge >= 0.3 is 0 Å². The molecule has 0 unspecified atom stereocenters. The Hall–Kier alpha value is -0.870. The summed E-state index contributed by atoms with van der Waals surface area (Å²) in [6, 6.07) is 7.76. The fourth-order valence-electron chi connectivity index (χ4n) is 1.07. The summed E-state index contributed by atoms with van der Waals surface area (Å²) in [6.07, 6.45) is 2.31. The predicted octanol–water partition coefficient (Wildman–Crippen LogP) is 1.85. The van der Waals surface area contributed by atoms with Gasteiger partial charge in [0.2, 0.25) is 0 Å². The van der Waals surface area contributed by atoms with Crippen LogP contribution in [0.15, 0.2) is 28.7 Å². The van der Waals surface area contributed by atoms with Crippen LogP contribution in [0, 0.1) is 0 Å². The Morgan fingerprint density at radius 2 is 1.93 bits per heavy atom. The minimum Gasteiger partial charge on any atom is -0.287 e. The van der Waals surface area contributed by atoms with Gasteiger partial charge in [-0.1, -0.05) is 15.9 Å². The molecular weight excluding hydrogens is 244 g/mol. The van der Waals surface area contributed by atoms with Gasteiger partial charge in [0.1, 0.15) is 0 Å². The van der Waals surface area contributed by atoms with Crippen molar-refractivity contribution in [3.8, 4) is 0 Å². The molecule has 1 aliphatic rings. The minimum atomic E-state index is -0.0793. The zero-order chi connectivity index (χ0) is 9.97. The zero-order valence-electron chi connectivity index (χ0n) is 7.59. The monoisotopic (exact) mass is 254 g/mol. The first-order valence-corrected chi connectivity index (χ1v) is 5.36. The fraction of sp³-hybridized carbons (Fsp3) is 0.300. The largest absolute Gasteiger partial charge is 0.287 e. The molecule has 0 spiro atoms. The summed E-state index contributed by atoms with van der Waals surface area (Å²) >= 11 is 3.32. The standard InChI is InChI=1S/C10H11BrN2O/c11-8-3-1-7(2-4-8)10(14)13-12-9-5-6-9/h1-4,9,12H,5-6H2,(H,13,14). The lowest BCUT2D eigenvalue weighted by Crippen LogP contribution is -2.38. The second-order valence-electron chi connectivity index (χ2n) is 3.38. The van der Waals surface area contributed by atoms with Crippen LogP contribution in [0.25, 0.3) is 0 Å². The molecule has 1 saturated carbocycles. The second-order valence-corrected chi connectivity index (χ2v) is 4.30. The molecule has 0 aliphatic heterocycles. The minimum absolute atomic E-state index is 0.0793. The number of carbonyl (C=O) groups excluding carboxylic acids is 1. The molecule has 4 heteroatoms. The molecule has 74 valence electrons. The molecule has 3 nitrogen and oxygen atoms in total. The first-order chi connectivity index (χ1) is 6.75. The van der Waals surface area contributed by atoms with Gasteiger partial charge in [-0.15, -0.1) is 0 Å². The number of halogens is 1. The van der Waals surface area contributed by atoms with Crippen molar-refractivity contribution < 1.29 is 4.79 Å². The van der Waals surface area contributed by atoms with Crippen LogP contribution in [0.3, 0.4) is 0 Å². The van der Waals surface area contributed by atoms with Crippen LogP contribution in [0.2, 0.25) is 0 Å². The molecule has 1 aromatic rings. The van der Waals surface area contributed by atoms with E-state index < -0.39 is 0 Å². The molecule has 1 aromatic carbocycles. The third kappa shape index (κ3) is 2.56. The van der Waals surface area contributed by atoms with E-state index >= 15 is 0 Å². The molecule has 1 fully saturated rings. The SMILES string of the molecule is O=C(NNC1CC1)c1ccc(Br)cc1. The summed E-state index contributed by atoms with van der Waals surface area (Å²) in [5.74, 6) is -0.0793. The number of hydrogen-bond donors (Lipinski definition) is 2. The van der Waals surface area contributed by atoms with Crippen LogP contribution in [-0.2, 0) is 0 Å². The van der Waals surface area contributed by atoms with E-state index in [9.17, 15) is 4.79 Å². The van der Waals surface area contributed by atoms with Gasteiger partial charge < -0.3 is 0 Å². The van der Waals surface area contributed by atoms with E-state index in [4.69, 9.17) is 0 Å². The van der Waals surface area contributed by atoms with Crippen molar-refractivity contribution >= 4 is 21.8 Å². The Balaban J connectivity index is 1.92. The highest BCUT2D eigenvalue weighted by Gasteiger charge is 2.21. The summed E-state index contributed by atoms with van der Waals surface area (Å²) in [6.45, 7) is 0. The van der Waals surface area contributed by atoms with Crippen molar-refractivity contribution in [2.45, 2.75) is 18.9 Å². The number of amides is 1. The van der Waals surface area contributed by atoms with E-state index in [0.29, 0.717) is 11.6 Å². The Bertz CT molecular complexity index is 332. The lowest BCUT2D eigenvalue weighted by Gasteiger charge is -2.05. The van der Waals surface area contributed by atoms with Crippen molar-refractivity contribution in [1.82, 2.24) is 10.9 Å². The summed E-state index contributed by atoms with van der Waals surface area (Å²) in [7, 11) is 0. The van der Waals surface area contributed by atoms with Crippen LogP contribution in [-0.4, -0.2) is 11.9 Å². The van der Waals surface area contributed by atoms with E-state index in [0.717, 1.165) is 17.3 Å². The molecule has 0 bridgehead atoms. The summed E-state index contributed by atoms with van der Waals surface area (Å²) in [5, 5.41) is 0. The lowest BCUT2D eigenvalue weighted by molar-refractivity contribution is 0.0932. The van der Waals surface area contributed by atoms with E-state index in [1.807, 2.05) is 12.1 Å². The molecule has 0 aromatic heterocycles. The molecule has 1 aliphatic carbocycles. The normalized spacial score (nSPS) is 15.2. The van der Waals surface area contributed by atoms with Gasteiger partial charge in [0, 0.05) is 16.1 Å². The lowest BCUT2D eigenvalue weighted by atomic mass is 10.2. The number of carbonyl (C=O) groups is 1. The zero-order valence-corrected chi connectivity index (χ0v) is 9.17. The summed E-state index contributed by atoms with van der Waals surface area (Å²) < 4.78 is 0.976. The highest BCUT2D eigenvalue weighted by Crippen LogP contribution is 2.17. The van der Waals surface area contributed by atoms with Crippen LogP contribution in [0.5, 0.6) is 0 Å². The number of rotatable bonds is 3. The van der Waals surface area contributed by atoms with E-state index in [-0.39, 0.29) is 5.91 Å². The Kier molecular flexibility index (Phi) is 2.84. The molecule has 2 N–H and O–H groups in total. The molecule has 0 heterocycles. The molecule has 0 radical (unpaired) electrons. The number of hydrazine groups is 1. The molecular formula is C10H11BrN2O.